The summed E-state index contributed by atoms with van der Waals surface area (Å²) in [5.74, 6) is 0.166. The van der Waals surface area contributed by atoms with Gasteiger partial charge >= 0.3 is 0 Å². The van der Waals surface area contributed by atoms with Crippen LogP contribution in [0.2, 0.25) is 0 Å². The third-order valence-electron chi connectivity index (χ3n) is 6.39. The van der Waals surface area contributed by atoms with E-state index in [1.807, 2.05) is 13.8 Å². The van der Waals surface area contributed by atoms with Crippen LogP contribution in [0.4, 0.5) is 5.95 Å². The van der Waals surface area contributed by atoms with Crippen molar-refractivity contribution in [1.29, 1.82) is 5.26 Å². The van der Waals surface area contributed by atoms with Gasteiger partial charge in [0.2, 0.25) is 21.9 Å². The van der Waals surface area contributed by atoms with E-state index in [9.17, 15) is 18.5 Å². The van der Waals surface area contributed by atoms with E-state index in [0.717, 1.165) is 42.6 Å². The van der Waals surface area contributed by atoms with Crippen molar-refractivity contribution in [3.63, 3.8) is 0 Å². The SMILES string of the molecule is Cc1cc(C#N)cc(C)c1Oc1nc(NC2CCN(Cc3ccc(S(N)(=O)=O)cc3)CC2)ncc1C(N)=O. The number of anilines is 1. The quantitative estimate of drug-likeness (QED) is 0.391. The second-order valence-electron chi connectivity index (χ2n) is 9.31. The summed E-state index contributed by atoms with van der Waals surface area (Å²) < 4.78 is 28.9. The van der Waals surface area contributed by atoms with Crippen molar-refractivity contribution in [2.24, 2.45) is 10.9 Å². The highest BCUT2D eigenvalue weighted by Crippen LogP contribution is 2.31. The first kappa shape index (κ1) is 27.0. The van der Waals surface area contributed by atoms with Crippen molar-refractivity contribution in [2.75, 3.05) is 18.4 Å². The molecule has 0 aliphatic carbocycles. The molecule has 2 aromatic carbocycles. The molecule has 0 unspecified atom stereocenters. The smallest absolute Gasteiger partial charge is 0.255 e. The van der Waals surface area contributed by atoms with Gasteiger partial charge in [-0.1, -0.05) is 12.1 Å². The first-order valence-corrected chi connectivity index (χ1v) is 13.5. The number of nitrogens with two attached hydrogens (primary N) is 2. The van der Waals surface area contributed by atoms with Gasteiger partial charge in [-0.2, -0.15) is 10.2 Å². The summed E-state index contributed by atoms with van der Waals surface area (Å²) in [5, 5.41) is 17.7. The minimum atomic E-state index is -3.71. The Morgan fingerprint density at radius 1 is 1.18 bits per heavy atom. The second-order valence-corrected chi connectivity index (χ2v) is 10.9. The van der Waals surface area contributed by atoms with Crippen molar-refractivity contribution in [3.8, 4) is 17.7 Å². The second kappa shape index (κ2) is 11.1. The number of nitriles is 1. The number of amides is 1. The number of aryl methyl sites for hydroxylation is 2. The van der Waals surface area contributed by atoms with Crippen LogP contribution in [0.15, 0.2) is 47.5 Å². The Morgan fingerprint density at radius 3 is 2.37 bits per heavy atom. The van der Waals surface area contributed by atoms with E-state index in [2.05, 4.69) is 26.3 Å². The molecule has 1 aliphatic heterocycles. The molecule has 0 spiro atoms. The molecular formula is C26H29N7O4S. The maximum Gasteiger partial charge on any atom is 0.255 e. The molecule has 1 amide bonds. The van der Waals surface area contributed by atoms with Crippen molar-refractivity contribution in [3.05, 3.63) is 70.4 Å². The van der Waals surface area contributed by atoms with Gasteiger partial charge in [-0.3, -0.25) is 9.69 Å². The number of aromatic nitrogens is 2. The number of piperidine rings is 1. The fourth-order valence-electron chi connectivity index (χ4n) is 4.42. The van der Waals surface area contributed by atoms with E-state index in [1.165, 1.54) is 18.3 Å². The topological polar surface area (TPSA) is 177 Å². The monoisotopic (exact) mass is 535 g/mol. The van der Waals surface area contributed by atoms with Crippen LogP contribution in [0, 0.1) is 25.2 Å². The number of rotatable bonds is 8. The average molecular weight is 536 g/mol. The van der Waals surface area contributed by atoms with Gasteiger partial charge in [-0.15, -0.1) is 0 Å². The lowest BCUT2D eigenvalue weighted by Gasteiger charge is -2.32. The highest BCUT2D eigenvalue weighted by atomic mass is 32.2. The number of likely N-dealkylation sites (tertiary alicyclic amines) is 1. The van der Waals surface area contributed by atoms with E-state index < -0.39 is 15.9 Å². The lowest BCUT2D eigenvalue weighted by Crippen LogP contribution is -2.39. The Morgan fingerprint density at radius 2 is 1.82 bits per heavy atom. The fraction of sp³-hybridized carbons (Fsp3) is 0.308. The highest BCUT2D eigenvalue weighted by molar-refractivity contribution is 7.89. The maximum absolute atomic E-state index is 12.0. The van der Waals surface area contributed by atoms with Gasteiger partial charge in [0.25, 0.3) is 5.91 Å². The number of ether oxygens (including phenoxy) is 1. The highest BCUT2D eigenvalue weighted by Gasteiger charge is 2.22. The van der Waals surface area contributed by atoms with Crippen LogP contribution in [-0.4, -0.2) is 48.3 Å². The number of primary amides is 1. The molecule has 1 saturated heterocycles. The summed E-state index contributed by atoms with van der Waals surface area (Å²) in [5.41, 5.74) is 8.57. The predicted octanol–water partition coefficient (Wildman–Crippen LogP) is 2.58. The molecule has 5 N–H and O–H groups in total. The van der Waals surface area contributed by atoms with Gasteiger partial charge in [0.05, 0.1) is 16.5 Å². The Balaban J connectivity index is 1.41. The molecule has 0 bridgehead atoms. The summed E-state index contributed by atoms with van der Waals surface area (Å²) >= 11 is 0. The van der Waals surface area contributed by atoms with E-state index in [1.54, 1.807) is 24.3 Å². The maximum atomic E-state index is 12.0. The standard InChI is InChI=1S/C26H29N7O4S/c1-16-11-19(13-27)12-17(2)23(16)37-25-22(24(28)34)14-30-26(32-25)31-20-7-9-33(10-8-20)15-18-3-5-21(6-4-18)38(29,35)36/h3-6,11-12,14,20H,7-10,15H2,1-2H3,(H2,28,34)(H2,29,35,36)(H,30,31,32). The number of sulfonamides is 1. The number of benzene rings is 2. The van der Waals surface area contributed by atoms with Crippen LogP contribution in [0.3, 0.4) is 0 Å². The van der Waals surface area contributed by atoms with Crippen molar-refractivity contribution in [1.82, 2.24) is 14.9 Å². The van der Waals surface area contributed by atoms with E-state index in [4.69, 9.17) is 15.6 Å². The number of primary sulfonamides is 1. The van der Waals surface area contributed by atoms with Crippen LogP contribution in [0.1, 0.15) is 45.5 Å². The van der Waals surface area contributed by atoms with Gasteiger partial charge in [0, 0.05) is 31.9 Å². The average Bonchev–Trinajstić information content (AvgIpc) is 2.87. The summed E-state index contributed by atoms with van der Waals surface area (Å²) in [4.78, 5) is 23.1. The molecule has 0 saturated carbocycles. The lowest BCUT2D eigenvalue weighted by atomic mass is 10.0. The molecule has 1 aromatic heterocycles. The largest absolute Gasteiger partial charge is 0.437 e. The summed E-state index contributed by atoms with van der Waals surface area (Å²) in [7, 11) is -3.71. The Bertz CT molecular complexity index is 1470. The molecule has 38 heavy (non-hydrogen) atoms. The molecular weight excluding hydrogens is 506 g/mol. The first-order chi connectivity index (χ1) is 18.0. The summed E-state index contributed by atoms with van der Waals surface area (Å²) in [6.07, 6.45) is 3.02. The minimum absolute atomic E-state index is 0.0475. The third kappa shape index (κ3) is 6.44. The summed E-state index contributed by atoms with van der Waals surface area (Å²) in [6.45, 7) is 5.97. The molecule has 198 valence electrons. The predicted molar refractivity (Wildman–Crippen MR) is 141 cm³/mol. The van der Waals surface area contributed by atoms with Gasteiger partial charge in [0.1, 0.15) is 11.3 Å². The third-order valence-corrected chi connectivity index (χ3v) is 7.32. The van der Waals surface area contributed by atoms with Crippen LogP contribution >= 0.6 is 0 Å². The zero-order valence-electron chi connectivity index (χ0n) is 21.1. The van der Waals surface area contributed by atoms with Crippen LogP contribution < -0.4 is 20.9 Å². The Kier molecular flexibility index (Phi) is 7.91. The van der Waals surface area contributed by atoms with Crippen LogP contribution in [0.25, 0.3) is 0 Å². The van der Waals surface area contributed by atoms with E-state index in [0.29, 0.717) is 23.8 Å². The number of nitrogens with one attached hydrogen (secondary N) is 1. The Labute approximate surface area is 221 Å². The molecule has 0 atom stereocenters. The number of carbonyl (C=O) groups excluding carboxylic acids is 1. The van der Waals surface area contributed by atoms with Crippen LogP contribution in [0.5, 0.6) is 11.6 Å². The minimum Gasteiger partial charge on any atom is -0.437 e. The molecule has 12 heteroatoms. The zero-order valence-corrected chi connectivity index (χ0v) is 22.0. The van der Waals surface area contributed by atoms with Crippen LogP contribution in [-0.2, 0) is 16.6 Å². The molecule has 3 aromatic rings. The van der Waals surface area contributed by atoms with E-state index >= 15 is 0 Å². The Hall–Kier alpha value is -4.05. The van der Waals surface area contributed by atoms with Crippen molar-refractivity contribution in [2.45, 2.75) is 44.2 Å². The molecule has 0 radical (unpaired) electrons. The summed E-state index contributed by atoms with van der Waals surface area (Å²) in [6, 6.07) is 12.2. The first-order valence-electron chi connectivity index (χ1n) is 12.0. The van der Waals surface area contributed by atoms with Crippen molar-refractivity contribution < 1.29 is 17.9 Å². The van der Waals surface area contributed by atoms with E-state index in [-0.39, 0.29) is 22.4 Å². The lowest BCUT2D eigenvalue weighted by molar-refractivity contribution is 0.0997. The zero-order chi connectivity index (χ0) is 27.4. The van der Waals surface area contributed by atoms with Crippen molar-refractivity contribution >= 4 is 21.9 Å². The number of carbonyl (C=O) groups is 1. The normalized spacial score (nSPS) is 14.6. The number of hydrogen-bond donors (Lipinski definition) is 3. The number of hydrogen-bond acceptors (Lipinski definition) is 9. The molecule has 1 fully saturated rings. The number of nitrogens with zero attached hydrogens (tertiary/aromatic N) is 4. The molecule has 11 nitrogen and oxygen atoms in total. The fourth-order valence-corrected chi connectivity index (χ4v) is 4.93. The molecule has 4 rings (SSSR count). The molecule has 2 heterocycles. The van der Waals surface area contributed by atoms with Gasteiger partial charge in [0.15, 0.2) is 0 Å². The molecule has 1 aliphatic rings. The van der Waals surface area contributed by atoms with Gasteiger partial charge in [-0.25, -0.2) is 18.5 Å². The van der Waals surface area contributed by atoms with Gasteiger partial charge in [-0.05, 0) is 67.6 Å². The van der Waals surface area contributed by atoms with Gasteiger partial charge < -0.3 is 15.8 Å².